The first-order valence-electron chi connectivity index (χ1n) is 18.9. The monoisotopic (exact) mass is 698 g/mol. The Morgan fingerprint density at radius 2 is 0.818 bits per heavy atom. The second-order valence-corrected chi connectivity index (χ2v) is 14.3. The third-order valence-corrected chi connectivity index (χ3v) is 11.2. The molecule has 0 amide bonds. The summed E-state index contributed by atoms with van der Waals surface area (Å²) in [5.41, 5.74) is 11.5. The number of fused-ring (bicyclic) bond motifs is 6. The molecule has 0 fully saturated rings. The van der Waals surface area contributed by atoms with Crippen LogP contribution >= 0.6 is 0 Å². The highest BCUT2D eigenvalue weighted by atomic mass is 15.3. The highest BCUT2D eigenvalue weighted by molar-refractivity contribution is 6.22. The van der Waals surface area contributed by atoms with Gasteiger partial charge in [-0.3, -0.25) is 0 Å². The largest absolute Gasteiger partial charge is 0.232 e. The molecule has 1 aromatic heterocycles. The van der Waals surface area contributed by atoms with E-state index in [-0.39, 0.29) is 0 Å². The lowest BCUT2D eigenvalue weighted by Gasteiger charge is -2.18. The Kier molecular flexibility index (Phi) is 7.21. The molecule has 0 radical (unpaired) electrons. The van der Waals surface area contributed by atoms with Crippen molar-refractivity contribution >= 4 is 54.0 Å². The van der Waals surface area contributed by atoms with Gasteiger partial charge in [-0.15, -0.1) is 0 Å². The molecule has 0 unspecified atom stereocenters. The molecule has 0 aliphatic heterocycles. The van der Waals surface area contributed by atoms with E-state index in [4.69, 9.17) is 5.10 Å². The van der Waals surface area contributed by atoms with Crippen molar-refractivity contribution in [2.45, 2.75) is 0 Å². The Labute approximate surface area is 319 Å². The SMILES string of the molecule is c1ccc(-c2cc3ccccc3c3c2c(-c2ccccc2)nn3-c2ccc(-c3c4ccccc4c(-c4ccc5ccccc5c4)c4ccccc34)cc2)cc1. The quantitative estimate of drug-likeness (QED) is 0.164. The average Bonchev–Trinajstić information content (AvgIpc) is 3.67. The van der Waals surface area contributed by atoms with Crippen molar-refractivity contribution in [2.75, 3.05) is 0 Å². The van der Waals surface area contributed by atoms with Gasteiger partial charge in [-0.05, 0) is 95.3 Å². The number of hydrogen-bond donors (Lipinski definition) is 0. The molecular formula is C53H34N2. The van der Waals surface area contributed by atoms with Gasteiger partial charge in [0.05, 0.1) is 11.2 Å². The molecule has 55 heavy (non-hydrogen) atoms. The fourth-order valence-corrected chi connectivity index (χ4v) is 8.68. The number of benzene rings is 10. The van der Waals surface area contributed by atoms with Crippen LogP contribution in [0.1, 0.15) is 0 Å². The van der Waals surface area contributed by atoms with E-state index in [9.17, 15) is 0 Å². The van der Waals surface area contributed by atoms with Crippen molar-refractivity contribution < 1.29 is 0 Å². The van der Waals surface area contributed by atoms with Gasteiger partial charge >= 0.3 is 0 Å². The normalized spacial score (nSPS) is 11.6. The molecule has 0 aliphatic rings. The van der Waals surface area contributed by atoms with E-state index in [1.807, 2.05) is 0 Å². The lowest BCUT2D eigenvalue weighted by molar-refractivity contribution is 0.918. The Balaban J connectivity index is 1.14. The molecule has 0 N–H and O–H groups in total. The van der Waals surface area contributed by atoms with Crippen molar-refractivity contribution in [3.63, 3.8) is 0 Å². The highest BCUT2D eigenvalue weighted by Gasteiger charge is 2.22. The summed E-state index contributed by atoms with van der Waals surface area (Å²) in [6.07, 6.45) is 0. The van der Waals surface area contributed by atoms with Crippen LogP contribution in [0.4, 0.5) is 0 Å². The maximum absolute atomic E-state index is 5.45. The summed E-state index contributed by atoms with van der Waals surface area (Å²) in [7, 11) is 0. The van der Waals surface area contributed by atoms with Crippen molar-refractivity contribution in [3.8, 4) is 50.3 Å². The van der Waals surface area contributed by atoms with E-state index in [0.717, 1.165) is 27.8 Å². The molecular weight excluding hydrogens is 665 g/mol. The van der Waals surface area contributed by atoms with Gasteiger partial charge in [0.15, 0.2) is 0 Å². The fraction of sp³-hybridized carbons (Fsp3) is 0. The molecule has 0 spiro atoms. The van der Waals surface area contributed by atoms with Crippen LogP contribution in [0.2, 0.25) is 0 Å². The number of aromatic nitrogens is 2. The minimum atomic E-state index is 0.977. The van der Waals surface area contributed by atoms with E-state index < -0.39 is 0 Å². The average molecular weight is 699 g/mol. The van der Waals surface area contributed by atoms with E-state index in [2.05, 4.69) is 211 Å². The molecule has 256 valence electrons. The second kappa shape index (κ2) is 12.7. The molecule has 1 heterocycles. The topological polar surface area (TPSA) is 17.8 Å². The lowest BCUT2D eigenvalue weighted by Crippen LogP contribution is -1.97. The van der Waals surface area contributed by atoms with Crippen LogP contribution in [0.5, 0.6) is 0 Å². The minimum Gasteiger partial charge on any atom is -0.232 e. The van der Waals surface area contributed by atoms with Gasteiger partial charge in [0.25, 0.3) is 0 Å². The van der Waals surface area contributed by atoms with Gasteiger partial charge < -0.3 is 0 Å². The smallest absolute Gasteiger partial charge is 0.101 e. The molecule has 10 aromatic carbocycles. The van der Waals surface area contributed by atoms with Gasteiger partial charge in [0.1, 0.15) is 5.69 Å². The van der Waals surface area contributed by atoms with Crippen LogP contribution in [-0.4, -0.2) is 9.78 Å². The predicted octanol–water partition coefficient (Wildman–Crippen LogP) is 14.3. The van der Waals surface area contributed by atoms with Crippen molar-refractivity contribution in [2.24, 2.45) is 0 Å². The van der Waals surface area contributed by atoms with E-state index in [0.29, 0.717) is 0 Å². The summed E-state index contributed by atoms with van der Waals surface area (Å²) in [4.78, 5) is 0. The fourth-order valence-electron chi connectivity index (χ4n) is 8.68. The van der Waals surface area contributed by atoms with E-state index in [1.165, 1.54) is 76.5 Å². The summed E-state index contributed by atoms with van der Waals surface area (Å²) < 4.78 is 2.16. The lowest BCUT2D eigenvalue weighted by atomic mass is 9.85. The Morgan fingerprint density at radius 3 is 1.45 bits per heavy atom. The molecule has 0 saturated heterocycles. The second-order valence-electron chi connectivity index (χ2n) is 14.3. The molecule has 0 saturated carbocycles. The number of rotatable bonds is 5. The molecule has 0 bridgehead atoms. The van der Waals surface area contributed by atoms with Crippen molar-refractivity contribution in [1.82, 2.24) is 9.78 Å². The number of nitrogens with zero attached hydrogens (tertiary/aromatic N) is 2. The van der Waals surface area contributed by atoms with Gasteiger partial charge in [-0.25, -0.2) is 4.68 Å². The molecule has 0 aliphatic carbocycles. The van der Waals surface area contributed by atoms with Crippen LogP contribution < -0.4 is 0 Å². The standard InChI is InChI=1S/C53H34N2/c1-3-16-36(17-4-1)48-34-40-21-9-10-22-43(40)53-51(48)52(38-18-5-2-6-19-38)54-55(53)42-31-29-37(30-32-42)49-44-23-11-13-25-46(44)50(47-26-14-12-24-45(47)49)41-28-27-35-15-7-8-20-39(35)33-41/h1-34H. The Morgan fingerprint density at radius 1 is 0.327 bits per heavy atom. The predicted molar refractivity (Wildman–Crippen MR) is 233 cm³/mol. The van der Waals surface area contributed by atoms with Crippen molar-refractivity contribution in [1.29, 1.82) is 0 Å². The zero-order valence-electron chi connectivity index (χ0n) is 30.0. The Bertz CT molecular complexity index is 3170. The maximum atomic E-state index is 5.45. The van der Waals surface area contributed by atoms with Crippen LogP contribution in [0.3, 0.4) is 0 Å². The van der Waals surface area contributed by atoms with Gasteiger partial charge in [-0.2, -0.15) is 5.10 Å². The third kappa shape index (κ3) is 5.07. The van der Waals surface area contributed by atoms with Crippen LogP contribution in [0.25, 0.3) is 104 Å². The van der Waals surface area contributed by atoms with Gasteiger partial charge in [-0.1, -0.05) is 182 Å². The molecule has 11 rings (SSSR count). The van der Waals surface area contributed by atoms with Gasteiger partial charge in [0.2, 0.25) is 0 Å². The summed E-state index contributed by atoms with van der Waals surface area (Å²) in [5.74, 6) is 0. The first-order valence-corrected chi connectivity index (χ1v) is 18.9. The third-order valence-electron chi connectivity index (χ3n) is 11.2. The number of hydrogen-bond acceptors (Lipinski definition) is 1. The van der Waals surface area contributed by atoms with E-state index >= 15 is 0 Å². The zero-order valence-corrected chi connectivity index (χ0v) is 30.0. The minimum absolute atomic E-state index is 0.977. The summed E-state index contributed by atoms with van der Waals surface area (Å²) >= 11 is 0. The Hall–Kier alpha value is -7.29. The summed E-state index contributed by atoms with van der Waals surface area (Å²) in [5, 5.41) is 16.5. The van der Waals surface area contributed by atoms with Crippen LogP contribution in [0.15, 0.2) is 206 Å². The van der Waals surface area contributed by atoms with Crippen molar-refractivity contribution in [3.05, 3.63) is 206 Å². The van der Waals surface area contributed by atoms with Crippen LogP contribution in [-0.2, 0) is 0 Å². The first-order chi connectivity index (χ1) is 27.3. The summed E-state index contributed by atoms with van der Waals surface area (Å²) in [6.45, 7) is 0. The molecule has 2 heteroatoms. The maximum Gasteiger partial charge on any atom is 0.101 e. The molecule has 2 nitrogen and oxygen atoms in total. The molecule has 11 aromatic rings. The summed E-state index contributed by atoms with van der Waals surface area (Å²) in [6, 6.07) is 74.6. The van der Waals surface area contributed by atoms with Gasteiger partial charge in [0, 0.05) is 16.3 Å². The first kappa shape index (κ1) is 31.3. The highest BCUT2D eigenvalue weighted by Crippen LogP contribution is 2.45. The van der Waals surface area contributed by atoms with E-state index in [1.54, 1.807) is 0 Å². The van der Waals surface area contributed by atoms with Crippen LogP contribution in [0, 0.1) is 0 Å². The zero-order chi connectivity index (χ0) is 36.3. The molecule has 0 atom stereocenters.